The van der Waals surface area contributed by atoms with Crippen LogP contribution in [-0.4, -0.2) is 27.7 Å². The summed E-state index contributed by atoms with van der Waals surface area (Å²) in [6.07, 6.45) is 1.18. The summed E-state index contributed by atoms with van der Waals surface area (Å²) >= 11 is 10.6. The van der Waals surface area contributed by atoms with Crippen LogP contribution in [0.1, 0.15) is 20.3 Å². The van der Waals surface area contributed by atoms with Crippen molar-refractivity contribution in [3.8, 4) is 0 Å². The van der Waals surface area contributed by atoms with Crippen molar-refractivity contribution in [2.24, 2.45) is 5.92 Å². The van der Waals surface area contributed by atoms with Crippen molar-refractivity contribution in [2.75, 3.05) is 37.5 Å². The summed E-state index contributed by atoms with van der Waals surface area (Å²) < 4.78 is 1.69. The zero-order chi connectivity index (χ0) is 12.5. The van der Waals surface area contributed by atoms with Crippen molar-refractivity contribution in [1.29, 1.82) is 0 Å². The van der Waals surface area contributed by atoms with Crippen molar-refractivity contribution < 1.29 is 0 Å². The van der Waals surface area contributed by atoms with Gasteiger partial charge in [-0.25, -0.2) is 0 Å². The minimum Gasteiger partial charge on any atom is -0.375 e. The highest BCUT2D eigenvalue weighted by molar-refractivity contribution is 7.74. The van der Waals surface area contributed by atoms with Crippen molar-refractivity contribution in [3.05, 3.63) is 9.02 Å². The molecule has 0 saturated heterocycles. The van der Waals surface area contributed by atoms with Gasteiger partial charge in [0.05, 0.1) is 20.4 Å². The van der Waals surface area contributed by atoms with E-state index < -0.39 is 0 Å². The minimum absolute atomic E-state index is 0.714. The summed E-state index contributed by atoms with van der Waals surface area (Å²) in [7, 11) is 6.12. The van der Waals surface area contributed by atoms with Gasteiger partial charge in [0.25, 0.3) is 0 Å². The lowest BCUT2D eigenvalue weighted by molar-refractivity contribution is 0.584. The molecule has 0 spiro atoms. The zero-order valence-electron chi connectivity index (χ0n) is 10.7. The van der Waals surface area contributed by atoms with E-state index in [9.17, 15) is 0 Å². The summed E-state index contributed by atoms with van der Waals surface area (Å²) in [5, 5.41) is 0. The quantitative estimate of drug-likeness (QED) is 0.743. The third kappa shape index (κ3) is 2.61. The van der Waals surface area contributed by atoms with E-state index in [0.717, 1.165) is 26.9 Å². The smallest absolute Gasteiger partial charge is 0.0834 e. The fraction of sp³-hybridized carbons (Fsp3) is 0.667. The number of hydrogen-bond donors (Lipinski definition) is 0. The summed E-state index contributed by atoms with van der Waals surface area (Å²) in [6, 6.07) is 0. The Morgan fingerprint density at radius 3 is 1.94 bits per heavy atom. The van der Waals surface area contributed by atoms with E-state index in [0.29, 0.717) is 5.92 Å². The molecule has 0 aromatic heterocycles. The molecule has 0 radical (unpaired) electrons. The Labute approximate surface area is 109 Å². The second-order valence-corrected chi connectivity index (χ2v) is 5.67. The van der Waals surface area contributed by atoms with Crippen LogP contribution in [0, 0.1) is 14.9 Å². The SMILES string of the molecule is CC(C)CCN(C)c1c(N(C)C)c(=S)c1=S. The lowest BCUT2D eigenvalue weighted by atomic mass is 10.1. The Kier molecular flexibility index (Phi) is 4.44. The van der Waals surface area contributed by atoms with Gasteiger partial charge in [-0.05, 0) is 12.3 Å². The first-order valence-corrected chi connectivity index (χ1v) is 6.39. The normalized spacial score (nSPS) is 11.1. The Hall–Kier alpha value is -0.480. The molecule has 0 heterocycles. The summed E-state index contributed by atoms with van der Waals surface area (Å²) in [5.74, 6) is 0.714. The minimum atomic E-state index is 0.714. The van der Waals surface area contributed by atoms with Crippen LogP contribution in [0.15, 0.2) is 0 Å². The molecular weight excluding hydrogens is 236 g/mol. The maximum absolute atomic E-state index is 5.31. The summed E-state index contributed by atoms with van der Waals surface area (Å²) in [6.45, 7) is 5.50. The van der Waals surface area contributed by atoms with Gasteiger partial charge < -0.3 is 9.80 Å². The lowest BCUT2D eigenvalue weighted by Gasteiger charge is -2.29. The van der Waals surface area contributed by atoms with Crippen LogP contribution in [0.3, 0.4) is 0 Å². The number of hydrogen-bond acceptors (Lipinski definition) is 4. The maximum atomic E-state index is 5.31. The third-order valence-corrected chi connectivity index (χ3v) is 3.66. The van der Waals surface area contributed by atoms with Crippen molar-refractivity contribution >= 4 is 35.8 Å². The van der Waals surface area contributed by atoms with E-state index in [2.05, 4.69) is 30.7 Å². The van der Waals surface area contributed by atoms with Gasteiger partial charge in [-0.2, -0.15) is 0 Å². The molecule has 90 valence electrons. The van der Waals surface area contributed by atoms with Gasteiger partial charge in [-0.3, -0.25) is 0 Å². The number of anilines is 2. The van der Waals surface area contributed by atoms with E-state index in [4.69, 9.17) is 24.4 Å². The molecule has 0 saturated carbocycles. The van der Waals surface area contributed by atoms with Crippen LogP contribution in [0.5, 0.6) is 0 Å². The standard InChI is InChI=1S/C12H20N2S2/c1-8(2)6-7-14(5)10-9(13(3)4)11(15)12(10)16/h8H,6-7H2,1-5H3. The Bertz CT molecular complexity index is 428. The van der Waals surface area contributed by atoms with Crippen LogP contribution >= 0.6 is 24.4 Å². The van der Waals surface area contributed by atoms with E-state index in [1.807, 2.05) is 14.1 Å². The van der Waals surface area contributed by atoms with Crippen LogP contribution in [0.4, 0.5) is 11.4 Å². The highest BCUT2D eigenvalue weighted by Gasteiger charge is 2.19. The molecular formula is C12H20N2S2. The third-order valence-electron chi connectivity index (χ3n) is 2.73. The second-order valence-electron chi connectivity index (χ2n) is 4.85. The maximum Gasteiger partial charge on any atom is 0.0834 e. The Morgan fingerprint density at radius 1 is 1.00 bits per heavy atom. The molecule has 16 heavy (non-hydrogen) atoms. The molecule has 0 aliphatic rings. The molecule has 4 heteroatoms. The fourth-order valence-corrected chi connectivity index (χ4v) is 2.43. The predicted molar refractivity (Wildman–Crippen MR) is 77.5 cm³/mol. The first-order chi connectivity index (χ1) is 7.36. The topological polar surface area (TPSA) is 6.48 Å². The van der Waals surface area contributed by atoms with Crippen molar-refractivity contribution in [1.82, 2.24) is 0 Å². The molecule has 0 atom stereocenters. The first-order valence-electron chi connectivity index (χ1n) is 5.58. The average molecular weight is 256 g/mol. The summed E-state index contributed by atoms with van der Waals surface area (Å²) in [4.78, 5) is 4.28. The molecule has 0 aliphatic carbocycles. The van der Waals surface area contributed by atoms with Gasteiger partial charge in [0.2, 0.25) is 0 Å². The van der Waals surface area contributed by atoms with Crippen LogP contribution in [0.25, 0.3) is 0 Å². The van der Waals surface area contributed by atoms with Gasteiger partial charge in [0, 0.05) is 27.7 Å². The molecule has 2 nitrogen and oxygen atoms in total. The van der Waals surface area contributed by atoms with Gasteiger partial charge in [-0.15, -0.1) is 0 Å². The molecule has 0 unspecified atom stereocenters. The Morgan fingerprint density at radius 2 is 1.50 bits per heavy atom. The van der Waals surface area contributed by atoms with Crippen LogP contribution in [-0.2, 0) is 0 Å². The van der Waals surface area contributed by atoms with E-state index in [-0.39, 0.29) is 0 Å². The van der Waals surface area contributed by atoms with Gasteiger partial charge in [0.15, 0.2) is 0 Å². The van der Waals surface area contributed by atoms with E-state index in [1.165, 1.54) is 6.42 Å². The number of nitrogens with zero attached hydrogens (tertiary/aromatic N) is 2. The van der Waals surface area contributed by atoms with Crippen molar-refractivity contribution in [2.45, 2.75) is 20.3 Å². The van der Waals surface area contributed by atoms with Crippen LogP contribution in [0.2, 0.25) is 0 Å². The zero-order valence-corrected chi connectivity index (χ0v) is 12.3. The predicted octanol–water partition coefficient (Wildman–Crippen LogP) is 3.57. The van der Waals surface area contributed by atoms with Gasteiger partial charge in [0.1, 0.15) is 0 Å². The average Bonchev–Trinajstić information content (AvgIpc) is 2.20. The first kappa shape index (κ1) is 13.6. The molecule has 1 aromatic carbocycles. The van der Waals surface area contributed by atoms with Crippen molar-refractivity contribution in [3.63, 3.8) is 0 Å². The molecule has 0 aliphatic heterocycles. The number of rotatable bonds is 5. The van der Waals surface area contributed by atoms with Gasteiger partial charge in [-0.1, -0.05) is 38.3 Å². The molecule has 1 rings (SSSR count). The molecule has 0 fully saturated rings. The monoisotopic (exact) mass is 256 g/mol. The Balaban J connectivity index is 2.84. The lowest BCUT2D eigenvalue weighted by Crippen LogP contribution is -2.25. The molecule has 0 N–H and O–H groups in total. The molecule has 0 bridgehead atoms. The van der Waals surface area contributed by atoms with Gasteiger partial charge >= 0.3 is 0 Å². The highest BCUT2D eigenvalue weighted by atomic mass is 32.1. The fourth-order valence-electron chi connectivity index (χ4n) is 1.70. The molecule has 0 amide bonds. The van der Waals surface area contributed by atoms with E-state index in [1.54, 1.807) is 0 Å². The summed E-state index contributed by atoms with van der Waals surface area (Å²) in [5.41, 5.74) is 2.26. The van der Waals surface area contributed by atoms with Crippen LogP contribution < -0.4 is 9.80 Å². The highest BCUT2D eigenvalue weighted by Crippen LogP contribution is 2.37. The largest absolute Gasteiger partial charge is 0.375 e. The van der Waals surface area contributed by atoms with E-state index >= 15 is 0 Å². The second kappa shape index (κ2) is 5.23. The molecule has 1 aromatic rings.